The van der Waals surface area contributed by atoms with Crippen molar-refractivity contribution in [1.82, 2.24) is 0 Å². The van der Waals surface area contributed by atoms with Gasteiger partial charge in [-0.25, -0.2) is 0 Å². The van der Waals surface area contributed by atoms with Crippen molar-refractivity contribution in [2.24, 2.45) is 0 Å². The van der Waals surface area contributed by atoms with Crippen LogP contribution in [0.25, 0.3) is 0 Å². The quantitative estimate of drug-likeness (QED) is 0.454. The normalized spacial score (nSPS) is 12.0. The van der Waals surface area contributed by atoms with Crippen LogP contribution < -0.4 is 5.06 Å². The minimum absolute atomic E-state index is 0.530. The first-order chi connectivity index (χ1) is 4.09. The lowest BCUT2D eigenvalue weighted by Gasteiger charge is -2.22. The average Bonchev–Trinajstić information content (AvgIpc) is 1.64. The third-order valence-corrected chi connectivity index (χ3v) is 1.55. The van der Waals surface area contributed by atoms with E-state index < -0.39 is 0 Å². The fourth-order valence-electron chi connectivity index (χ4n) is 0.939. The Balaban J connectivity index is 3.68. The molecule has 0 amide bonds. The van der Waals surface area contributed by atoms with Gasteiger partial charge in [0.1, 0.15) is 12.1 Å². The van der Waals surface area contributed by atoms with Crippen LogP contribution in [0.3, 0.4) is 0 Å². The topological polar surface area (TPSA) is 13.7 Å². The Labute approximate surface area is 59.8 Å². The highest BCUT2D eigenvalue weighted by molar-refractivity contribution is 7.09. The summed E-state index contributed by atoms with van der Waals surface area (Å²) in [4.78, 5) is 0. The molecule has 0 spiro atoms. The Morgan fingerprint density at radius 3 is 1.44 bits per heavy atom. The van der Waals surface area contributed by atoms with Gasteiger partial charge in [-0.2, -0.15) is 9.69 Å². The SMILES string of the molecule is CC(C)[NH+](OP)C(C)C. The number of quaternary nitrogens is 1. The van der Waals surface area contributed by atoms with Crippen molar-refractivity contribution in [3.05, 3.63) is 0 Å². The molecule has 0 fully saturated rings. The lowest BCUT2D eigenvalue weighted by Crippen LogP contribution is -3.15. The summed E-state index contributed by atoms with van der Waals surface area (Å²) in [5.41, 5.74) is 0. The summed E-state index contributed by atoms with van der Waals surface area (Å²) in [5.74, 6) is 0. The molecule has 0 aromatic rings. The van der Waals surface area contributed by atoms with Gasteiger partial charge in [0.15, 0.2) is 0 Å². The number of nitrogens with one attached hydrogen (secondary N) is 1. The minimum atomic E-state index is 0.530. The minimum Gasteiger partial charge on any atom is -0.192 e. The summed E-state index contributed by atoms with van der Waals surface area (Å²) >= 11 is 0. The molecular weight excluding hydrogens is 133 g/mol. The average molecular weight is 150 g/mol. The van der Waals surface area contributed by atoms with E-state index in [1.807, 2.05) is 0 Å². The monoisotopic (exact) mass is 150 g/mol. The summed E-state index contributed by atoms with van der Waals surface area (Å²) in [5, 5.41) is 1.15. The second-order valence-electron chi connectivity index (χ2n) is 2.83. The zero-order valence-electron chi connectivity index (χ0n) is 6.64. The molecular formula is C6H17NOP+. The molecule has 0 radical (unpaired) electrons. The maximum Gasteiger partial charge on any atom is 0.112 e. The van der Waals surface area contributed by atoms with Gasteiger partial charge in [-0.15, -0.1) is 0 Å². The van der Waals surface area contributed by atoms with E-state index >= 15 is 0 Å². The van der Waals surface area contributed by atoms with Crippen LogP contribution in [-0.4, -0.2) is 12.1 Å². The first-order valence-electron chi connectivity index (χ1n) is 3.33. The van der Waals surface area contributed by atoms with Crippen LogP contribution in [0, 0.1) is 0 Å². The van der Waals surface area contributed by atoms with Gasteiger partial charge < -0.3 is 0 Å². The maximum atomic E-state index is 5.11. The van der Waals surface area contributed by atoms with E-state index in [-0.39, 0.29) is 0 Å². The Bertz CT molecular complexity index is 67.5. The molecule has 0 rings (SSSR count). The number of rotatable bonds is 3. The Morgan fingerprint density at radius 2 is 1.44 bits per heavy atom. The second-order valence-corrected chi connectivity index (χ2v) is 3.07. The van der Waals surface area contributed by atoms with Gasteiger partial charge in [0.25, 0.3) is 0 Å². The van der Waals surface area contributed by atoms with Crippen LogP contribution in [0.2, 0.25) is 0 Å². The Hall–Kier alpha value is 0.350. The molecule has 0 saturated carbocycles. The molecule has 0 bridgehead atoms. The molecule has 0 aliphatic rings. The van der Waals surface area contributed by atoms with Gasteiger partial charge in [0, 0.05) is 0 Å². The van der Waals surface area contributed by atoms with Gasteiger partial charge in [0.2, 0.25) is 0 Å². The van der Waals surface area contributed by atoms with Gasteiger partial charge >= 0.3 is 0 Å². The van der Waals surface area contributed by atoms with Crippen LogP contribution >= 0.6 is 9.47 Å². The molecule has 56 valence electrons. The van der Waals surface area contributed by atoms with Crippen molar-refractivity contribution in [1.29, 1.82) is 0 Å². The van der Waals surface area contributed by atoms with Crippen LogP contribution in [0.15, 0.2) is 0 Å². The van der Waals surface area contributed by atoms with Crippen molar-refractivity contribution in [3.8, 4) is 0 Å². The van der Waals surface area contributed by atoms with E-state index in [0.717, 1.165) is 5.06 Å². The molecule has 1 N–H and O–H groups in total. The maximum absolute atomic E-state index is 5.11. The first kappa shape index (κ1) is 9.35. The molecule has 0 saturated heterocycles. The molecule has 0 aromatic carbocycles. The number of hydrogen-bond donors (Lipinski definition) is 1. The summed E-state index contributed by atoms with van der Waals surface area (Å²) in [7, 11) is 2.29. The standard InChI is InChI=1S/C6H16NOP/c1-5(2)7(8-9)6(3)4/h5-6H,9H2,1-4H3/p+1. The first-order valence-corrected chi connectivity index (χ1v) is 3.80. The molecule has 3 heteroatoms. The fraction of sp³-hybridized carbons (Fsp3) is 1.00. The van der Waals surface area contributed by atoms with E-state index in [2.05, 4.69) is 37.2 Å². The lowest BCUT2D eigenvalue weighted by atomic mass is 10.3. The van der Waals surface area contributed by atoms with Crippen LogP contribution in [0.1, 0.15) is 27.7 Å². The zero-order valence-corrected chi connectivity index (χ0v) is 7.79. The van der Waals surface area contributed by atoms with Gasteiger partial charge in [0.05, 0.1) is 9.47 Å². The van der Waals surface area contributed by atoms with Crippen molar-refractivity contribution in [2.45, 2.75) is 39.8 Å². The van der Waals surface area contributed by atoms with E-state index in [1.165, 1.54) is 0 Å². The van der Waals surface area contributed by atoms with E-state index in [4.69, 9.17) is 4.62 Å². The van der Waals surface area contributed by atoms with Crippen molar-refractivity contribution < 1.29 is 9.69 Å². The molecule has 0 aromatic heterocycles. The third kappa shape index (κ3) is 3.14. The van der Waals surface area contributed by atoms with Gasteiger partial charge in [-0.05, 0) is 27.7 Å². The molecule has 0 aliphatic carbocycles. The third-order valence-electron chi connectivity index (χ3n) is 1.27. The summed E-state index contributed by atoms with van der Waals surface area (Å²) in [6, 6.07) is 1.06. The van der Waals surface area contributed by atoms with E-state index in [0.29, 0.717) is 12.1 Å². The predicted octanol–water partition coefficient (Wildman–Crippen LogP) is 0.410. The van der Waals surface area contributed by atoms with E-state index in [9.17, 15) is 0 Å². The molecule has 2 nitrogen and oxygen atoms in total. The summed E-state index contributed by atoms with van der Waals surface area (Å²) in [6.45, 7) is 8.55. The lowest BCUT2D eigenvalue weighted by molar-refractivity contribution is -1.10. The molecule has 1 unspecified atom stereocenters. The highest BCUT2D eigenvalue weighted by Gasteiger charge is 2.16. The van der Waals surface area contributed by atoms with Gasteiger partial charge in [-0.1, -0.05) is 0 Å². The second kappa shape index (κ2) is 4.21. The van der Waals surface area contributed by atoms with Crippen molar-refractivity contribution in [3.63, 3.8) is 0 Å². The van der Waals surface area contributed by atoms with E-state index in [1.54, 1.807) is 0 Å². The van der Waals surface area contributed by atoms with Crippen LogP contribution in [0.4, 0.5) is 0 Å². The smallest absolute Gasteiger partial charge is 0.112 e. The highest BCUT2D eigenvalue weighted by Crippen LogP contribution is 1.81. The molecule has 0 heterocycles. The van der Waals surface area contributed by atoms with Crippen molar-refractivity contribution >= 4 is 9.47 Å². The molecule has 9 heavy (non-hydrogen) atoms. The zero-order chi connectivity index (χ0) is 7.44. The van der Waals surface area contributed by atoms with Gasteiger partial charge in [-0.3, -0.25) is 0 Å². The fourth-order valence-corrected chi connectivity index (χ4v) is 1.48. The Morgan fingerprint density at radius 1 is 1.11 bits per heavy atom. The number of hydroxylamine groups is 2. The largest absolute Gasteiger partial charge is 0.192 e. The van der Waals surface area contributed by atoms with Crippen molar-refractivity contribution in [2.75, 3.05) is 0 Å². The molecule has 0 aliphatic heterocycles. The van der Waals surface area contributed by atoms with Crippen LogP contribution in [-0.2, 0) is 4.62 Å². The summed E-state index contributed by atoms with van der Waals surface area (Å²) in [6.07, 6.45) is 0. The summed E-state index contributed by atoms with van der Waals surface area (Å²) < 4.78 is 5.11. The van der Waals surface area contributed by atoms with Crippen LogP contribution in [0.5, 0.6) is 0 Å². The number of hydrogen-bond acceptors (Lipinski definition) is 1. The predicted molar refractivity (Wildman–Crippen MR) is 42.0 cm³/mol. The Kier molecular flexibility index (Phi) is 4.37. The molecule has 1 atom stereocenters. The highest BCUT2D eigenvalue weighted by atomic mass is 31.0.